The van der Waals surface area contributed by atoms with Gasteiger partial charge in [0, 0.05) is 19.2 Å². The van der Waals surface area contributed by atoms with E-state index in [2.05, 4.69) is 13.8 Å². The normalized spacial score (nSPS) is 11.2. The van der Waals surface area contributed by atoms with E-state index in [-0.39, 0.29) is 11.3 Å². The van der Waals surface area contributed by atoms with Crippen molar-refractivity contribution in [3.8, 4) is 5.75 Å². The Hall–Kier alpha value is -1.55. The number of carbonyl (C=O) groups excluding carboxylic acids is 1. The van der Waals surface area contributed by atoms with Crippen molar-refractivity contribution in [1.82, 2.24) is 4.90 Å². The number of hydrogen-bond donors (Lipinski definition) is 1. The molecule has 0 aliphatic carbocycles. The fraction of sp³-hybridized carbons (Fsp3) is 0.533. The first kappa shape index (κ1) is 15.5. The predicted molar refractivity (Wildman–Crippen MR) is 77.2 cm³/mol. The van der Waals surface area contributed by atoms with Gasteiger partial charge < -0.3 is 15.4 Å². The Morgan fingerprint density at radius 2 is 2.00 bits per heavy atom. The summed E-state index contributed by atoms with van der Waals surface area (Å²) < 4.78 is 5.26. The molecule has 0 aromatic heterocycles. The van der Waals surface area contributed by atoms with Crippen LogP contribution in [-0.4, -0.2) is 38.1 Å². The van der Waals surface area contributed by atoms with Gasteiger partial charge in [0.2, 0.25) is 5.91 Å². The standard InChI is InChI=1S/C15H24N2O2/c1-15(2,10-16)11-17(3)14(18)9-12-7-5-6-8-13(12)19-4/h5-8H,9-11,16H2,1-4H3. The summed E-state index contributed by atoms with van der Waals surface area (Å²) in [5, 5.41) is 0. The first-order chi connectivity index (χ1) is 8.89. The van der Waals surface area contributed by atoms with Crippen LogP contribution in [0.4, 0.5) is 0 Å². The van der Waals surface area contributed by atoms with E-state index < -0.39 is 0 Å². The van der Waals surface area contributed by atoms with Crippen LogP contribution in [0, 0.1) is 5.41 Å². The molecule has 19 heavy (non-hydrogen) atoms. The molecule has 0 saturated heterocycles. The highest BCUT2D eigenvalue weighted by molar-refractivity contribution is 5.79. The van der Waals surface area contributed by atoms with Gasteiger partial charge in [0.25, 0.3) is 0 Å². The quantitative estimate of drug-likeness (QED) is 0.850. The monoisotopic (exact) mass is 264 g/mol. The zero-order chi connectivity index (χ0) is 14.5. The topological polar surface area (TPSA) is 55.6 Å². The number of ether oxygens (including phenoxy) is 1. The Morgan fingerprint density at radius 3 is 2.58 bits per heavy atom. The molecule has 0 spiro atoms. The molecule has 1 aromatic carbocycles. The Morgan fingerprint density at radius 1 is 1.37 bits per heavy atom. The molecule has 0 fully saturated rings. The van der Waals surface area contributed by atoms with E-state index in [4.69, 9.17) is 10.5 Å². The average molecular weight is 264 g/mol. The molecule has 0 radical (unpaired) electrons. The van der Waals surface area contributed by atoms with Gasteiger partial charge in [-0.2, -0.15) is 0 Å². The molecule has 0 bridgehead atoms. The minimum absolute atomic E-state index is 0.0643. The van der Waals surface area contributed by atoms with Crippen molar-refractivity contribution in [2.45, 2.75) is 20.3 Å². The molecule has 0 heterocycles. The van der Waals surface area contributed by atoms with Crippen molar-refractivity contribution in [3.63, 3.8) is 0 Å². The van der Waals surface area contributed by atoms with E-state index in [1.165, 1.54) is 0 Å². The van der Waals surface area contributed by atoms with Gasteiger partial charge in [-0.1, -0.05) is 32.0 Å². The third-order valence-corrected chi connectivity index (χ3v) is 3.18. The lowest BCUT2D eigenvalue weighted by atomic mass is 9.93. The van der Waals surface area contributed by atoms with E-state index in [9.17, 15) is 4.79 Å². The maximum atomic E-state index is 12.2. The minimum Gasteiger partial charge on any atom is -0.496 e. The van der Waals surface area contributed by atoms with Gasteiger partial charge in [0.05, 0.1) is 13.5 Å². The largest absolute Gasteiger partial charge is 0.496 e. The molecule has 4 nitrogen and oxygen atoms in total. The lowest BCUT2D eigenvalue weighted by molar-refractivity contribution is -0.130. The van der Waals surface area contributed by atoms with Gasteiger partial charge in [-0.15, -0.1) is 0 Å². The first-order valence-corrected chi connectivity index (χ1v) is 6.45. The summed E-state index contributed by atoms with van der Waals surface area (Å²) in [4.78, 5) is 13.9. The second-order valence-electron chi connectivity index (χ2n) is 5.61. The number of hydrogen-bond acceptors (Lipinski definition) is 3. The van der Waals surface area contributed by atoms with Gasteiger partial charge >= 0.3 is 0 Å². The van der Waals surface area contributed by atoms with Crippen LogP contribution < -0.4 is 10.5 Å². The predicted octanol–water partition coefficient (Wildman–Crippen LogP) is 1.68. The number of nitrogens with two attached hydrogens (primary N) is 1. The molecular weight excluding hydrogens is 240 g/mol. The van der Waals surface area contributed by atoms with Crippen LogP contribution in [0.2, 0.25) is 0 Å². The molecule has 0 atom stereocenters. The summed E-state index contributed by atoms with van der Waals surface area (Å²) in [6.07, 6.45) is 0.348. The van der Waals surface area contributed by atoms with Crippen molar-refractivity contribution < 1.29 is 9.53 Å². The van der Waals surface area contributed by atoms with Crippen LogP contribution in [-0.2, 0) is 11.2 Å². The Labute approximate surface area is 115 Å². The SMILES string of the molecule is COc1ccccc1CC(=O)N(C)CC(C)(C)CN. The van der Waals surface area contributed by atoms with Gasteiger partial charge in [0.1, 0.15) is 5.75 Å². The zero-order valence-corrected chi connectivity index (χ0v) is 12.3. The van der Waals surface area contributed by atoms with Crippen molar-refractivity contribution in [2.75, 3.05) is 27.2 Å². The first-order valence-electron chi connectivity index (χ1n) is 6.45. The van der Waals surface area contributed by atoms with Crippen molar-refractivity contribution >= 4 is 5.91 Å². The molecule has 0 aliphatic rings. The lowest BCUT2D eigenvalue weighted by Crippen LogP contribution is -2.40. The number of rotatable bonds is 6. The van der Waals surface area contributed by atoms with Crippen LogP contribution in [0.25, 0.3) is 0 Å². The fourth-order valence-corrected chi connectivity index (χ4v) is 1.94. The third kappa shape index (κ3) is 4.56. The van der Waals surface area contributed by atoms with Gasteiger partial charge in [-0.3, -0.25) is 4.79 Å². The molecule has 1 aromatic rings. The Kier molecular flexibility index (Phi) is 5.36. The van der Waals surface area contributed by atoms with Crippen molar-refractivity contribution in [2.24, 2.45) is 11.1 Å². The van der Waals surface area contributed by atoms with Crippen LogP contribution in [0.3, 0.4) is 0 Å². The average Bonchev–Trinajstić information content (AvgIpc) is 2.38. The second kappa shape index (κ2) is 6.57. The molecular formula is C15H24N2O2. The summed E-state index contributed by atoms with van der Waals surface area (Å²) in [7, 11) is 3.43. The van der Waals surface area contributed by atoms with Crippen LogP contribution in [0.1, 0.15) is 19.4 Å². The van der Waals surface area contributed by atoms with E-state index in [1.807, 2.05) is 31.3 Å². The molecule has 1 rings (SSSR count). The molecule has 1 amide bonds. The van der Waals surface area contributed by atoms with E-state index in [0.717, 1.165) is 11.3 Å². The molecule has 0 unspecified atom stereocenters. The number of methoxy groups -OCH3 is 1. The highest BCUT2D eigenvalue weighted by Crippen LogP contribution is 2.19. The van der Waals surface area contributed by atoms with Crippen LogP contribution in [0.15, 0.2) is 24.3 Å². The Bertz CT molecular complexity index is 430. The molecule has 106 valence electrons. The molecule has 0 saturated carbocycles. The number of para-hydroxylation sites is 1. The minimum atomic E-state index is -0.0643. The highest BCUT2D eigenvalue weighted by Gasteiger charge is 2.21. The van der Waals surface area contributed by atoms with Gasteiger partial charge in [-0.05, 0) is 18.0 Å². The fourth-order valence-electron chi connectivity index (χ4n) is 1.94. The molecule has 4 heteroatoms. The summed E-state index contributed by atoms with van der Waals surface area (Å²) in [5.41, 5.74) is 6.54. The number of carbonyl (C=O) groups is 1. The lowest BCUT2D eigenvalue weighted by Gasteiger charge is -2.29. The summed E-state index contributed by atoms with van der Waals surface area (Å²) in [6, 6.07) is 7.59. The maximum absolute atomic E-state index is 12.2. The van der Waals surface area contributed by atoms with Gasteiger partial charge in [0.15, 0.2) is 0 Å². The van der Waals surface area contributed by atoms with Gasteiger partial charge in [-0.25, -0.2) is 0 Å². The van der Waals surface area contributed by atoms with Crippen LogP contribution >= 0.6 is 0 Å². The third-order valence-electron chi connectivity index (χ3n) is 3.18. The van der Waals surface area contributed by atoms with E-state index in [0.29, 0.717) is 19.5 Å². The Balaban J connectivity index is 2.69. The van der Waals surface area contributed by atoms with Crippen molar-refractivity contribution in [3.05, 3.63) is 29.8 Å². The number of benzene rings is 1. The summed E-state index contributed by atoms with van der Waals surface area (Å²) in [5.74, 6) is 0.827. The number of likely N-dealkylation sites (N-methyl/N-ethyl adjacent to an activating group) is 1. The number of amides is 1. The highest BCUT2D eigenvalue weighted by atomic mass is 16.5. The summed E-state index contributed by atoms with van der Waals surface area (Å²) in [6.45, 7) is 5.32. The molecule has 0 aliphatic heterocycles. The van der Waals surface area contributed by atoms with E-state index in [1.54, 1.807) is 12.0 Å². The molecule has 2 N–H and O–H groups in total. The van der Waals surface area contributed by atoms with Crippen LogP contribution in [0.5, 0.6) is 5.75 Å². The van der Waals surface area contributed by atoms with Crippen molar-refractivity contribution in [1.29, 1.82) is 0 Å². The summed E-state index contributed by atoms with van der Waals surface area (Å²) >= 11 is 0. The maximum Gasteiger partial charge on any atom is 0.226 e. The smallest absolute Gasteiger partial charge is 0.226 e. The zero-order valence-electron chi connectivity index (χ0n) is 12.3. The second-order valence-corrected chi connectivity index (χ2v) is 5.61. The number of nitrogens with zero attached hydrogens (tertiary/aromatic N) is 1. The van der Waals surface area contributed by atoms with E-state index >= 15 is 0 Å².